The van der Waals surface area contributed by atoms with Crippen molar-refractivity contribution >= 4 is 17.3 Å². The van der Waals surface area contributed by atoms with E-state index in [1.165, 1.54) is 19.2 Å². The Morgan fingerprint density at radius 1 is 1.40 bits per heavy atom. The fourth-order valence-corrected chi connectivity index (χ4v) is 3.37. The van der Waals surface area contributed by atoms with E-state index in [1.54, 1.807) is 6.07 Å². The smallest absolute Gasteiger partial charge is 0.270 e. The SMILES string of the molecule is CNC(=O)c1cc([N+](=O)[O-])ccc1NCC1CCCOC1C(C)(C)C. The maximum atomic E-state index is 12.1. The van der Waals surface area contributed by atoms with E-state index >= 15 is 0 Å². The van der Waals surface area contributed by atoms with Crippen molar-refractivity contribution in [2.75, 3.05) is 25.5 Å². The highest BCUT2D eigenvalue weighted by molar-refractivity contribution is 6.00. The van der Waals surface area contributed by atoms with Gasteiger partial charge in [0.05, 0.1) is 16.6 Å². The summed E-state index contributed by atoms with van der Waals surface area (Å²) in [7, 11) is 1.51. The van der Waals surface area contributed by atoms with Crippen molar-refractivity contribution in [3.8, 4) is 0 Å². The minimum absolute atomic E-state index is 0.0336. The van der Waals surface area contributed by atoms with Crippen LogP contribution in [0.15, 0.2) is 18.2 Å². The van der Waals surface area contributed by atoms with Crippen LogP contribution in [-0.2, 0) is 4.74 Å². The maximum absolute atomic E-state index is 12.1. The number of nitrogens with zero attached hydrogens (tertiary/aromatic N) is 1. The highest BCUT2D eigenvalue weighted by Crippen LogP contribution is 2.34. The minimum atomic E-state index is -0.499. The molecule has 0 aliphatic carbocycles. The lowest BCUT2D eigenvalue weighted by Gasteiger charge is -2.40. The van der Waals surface area contributed by atoms with E-state index in [9.17, 15) is 14.9 Å². The molecule has 1 aromatic carbocycles. The summed E-state index contributed by atoms with van der Waals surface area (Å²) in [4.78, 5) is 22.6. The Morgan fingerprint density at radius 3 is 2.72 bits per heavy atom. The van der Waals surface area contributed by atoms with E-state index in [2.05, 4.69) is 31.4 Å². The second kappa shape index (κ2) is 7.82. The number of anilines is 1. The number of ether oxygens (including phenoxy) is 1. The maximum Gasteiger partial charge on any atom is 0.270 e. The lowest BCUT2D eigenvalue weighted by molar-refractivity contribution is -0.384. The molecule has 0 aromatic heterocycles. The van der Waals surface area contributed by atoms with E-state index in [0.717, 1.165) is 19.4 Å². The van der Waals surface area contributed by atoms with Gasteiger partial charge in [0.25, 0.3) is 11.6 Å². The van der Waals surface area contributed by atoms with Crippen LogP contribution < -0.4 is 10.6 Å². The Labute approximate surface area is 148 Å². The van der Waals surface area contributed by atoms with Crippen molar-refractivity contribution in [2.24, 2.45) is 11.3 Å². The second-order valence-corrected chi connectivity index (χ2v) is 7.51. The lowest BCUT2D eigenvalue weighted by Crippen LogP contribution is -2.42. The topological polar surface area (TPSA) is 93.5 Å². The quantitative estimate of drug-likeness (QED) is 0.629. The van der Waals surface area contributed by atoms with Crippen LogP contribution in [0.5, 0.6) is 0 Å². The molecule has 1 saturated heterocycles. The van der Waals surface area contributed by atoms with Gasteiger partial charge in [-0.15, -0.1) is 0 Å². The summed E-state index contributed by atoms with van der Waals surface area (Å²) in [6.07, 6.45) is 2.20. The van der Waals surface area contributed by atoms with E-state index < -0.39 is 4.92 Å². The molecule has 1 aliphatic rings. The molecule has 0 bridgehead atoms. The van der Waals surface area contributed by atoms with Gasteiger partial charge in [-0.2, -0.15) is 0 Å². The first-order valence-electron chi connectivity index (χ1n) is 8.60. The summed E-state index contributed by atoms with van der Waals surface area (Å²) >= 11 is 0. The molecule has 0 spiro atoms. The predicted molar refractivity (Wildman–Crippen MR) is 96.9 cm³/mol. The molecular formula is C18H27N3O4. The summed E-state index contributed by atoms with van der Waals surface area (Å²) in [5, 5.41) is 16.8. The number of benzene rings is 1. The van der Waals surface area contributed by atoms with Crippen molar-refractivity contribution in [1.29, 1.82) is 0 Å². The highest BCUT2D eigenvalue weighted by atomic mass is 16.6. The first-order chi connectivity index (χ1) is 11.7. The zero-order valence-corrected chi connectivity index (χ0v) is 15.3. The van der Waals surface area contributed by atoms with Gasteiger partial charge in [0, 0.05) is 43.9 Å². The number of carbonyl (C=O) groups excluding carboxylic acids is 1. The van der Waals surface area contributed by atoms with E-state index in [-0.39, 0.29) is 28.7 Å². The van der Waals surface area contributed by atoms with Crippen LogP contribution in [0, 0.1) is 21.4 Å². The van der Waals surface area contributed by atoms with Gasteiger partial charge in [-0.05, 0) is 24.3 Å². The van der Waals surface area contributed by atoms with Crippen molar-refractivity contribution in [3.05, 3.63) is 33.9 Å². The molecule has 2 N–H and O–H groups in total. The van der Waals surface area contributed by atoms with Gasteiger partial charge in [0.1, 0.15) is 0 Å². The summed E-state index contributed by atoms with van der Waals surface area (Å²) in [5.41, 5.74) is 0.813. The Hall–Kier alpha value is -2.15. The molecule has 25 heavy (non-hydrogen) atoms. The number of nitro groups is 1. The molecule has 0 saturated carbocycles. The fourth-order valence-electron chi connectivity index (χ4n) is 3.37. The first-order valence-corrected chi connectivity index (χ1v) is 8.60. The van der Waals surface area contributed by atoms with Crippen LogP contribution in [0.3, 0.4) is 0 Å². The van der Waals surface area contributed by atoms with Gasteiger partial charge in [0.15, 0.2) is 0 Å². The Bertz CT molecular complexity index is 640. The highest BCUT2D eigenvalue weighted by Gasteiger charge is 2.35. The molecular weight excluding hydrogens is 322 g/mol. The van der Waals surface area contributed by atoms with Gasteiger partial charge in [-0.1, -0.05) is 20.8 Å². The first kappa shape index (κ1) is 19.2. The van der Waals surface area contributed by atoms with Crippen LogP contribution in [0.25, 0.3) is 0 Å². The summed E-state index contributed by atoms with van der Waals surface area (Å²) in [6, 6.07) is 4.31. The van der Waals surface area contributed by atoms with Crippen LogP contribution in [-0.4, -0.2) is 37.1 Å². The zero-order valence-electron chi connectivity index (χ0n) is 15.3. The van der Waals surface area contributed by atoms with Crippen molar-refractivity contribution in [2.45, 2.75) is 39.7 Å². The van der Waals surface area contributed by atoms with Crippen LogP contribution in [0.1, 0.15) is 44.0 Å². The van der Waals surface area contributed by atoms with Crippen LogP contribution >= 0.6 is 0 Å². The number of hydrogen-bond donors (Lipinski definition) is 2. The van der Waals surface area contributed by atoms with Gasteiger partial charge < -0.3 is 15.4 Å². The summed E-state index contributed by atoms with van der Waals surface area (Å²) in [6.45, 7) is 7.93. The Morgan fingerprint density at radius 2 is 2.12 bits per heavy atom. The number of non-ortho nitro benzene ring substituents is 1. The fraction of sp³-hybridized carbons (Fsp3) is 0.611. The molecule has 2 rings (SSSR count). The predicted octanol–water partition coefficient (Wildman–Crippen LogP) is 3.21. The third-order valence-corrected chi connectivity index (χ3v) is 4.54. The molecule has 7 nitrogen and oxygen atoms in total. The van der Waals surface area contributed by atoms with Crippen molar-refractivity contribution in [3.63, 3.8) is 0 Å². The minimum Gasteiger partial charge on any atom is -0.384 e. The van der Waals surface area contributed by atoms with Gasteiger partial charge in [-0.25, -0.2) is 0 Å². The number of nitrogens with one attached hydrogen (secondary N) is 2. The zero-order chi connectivity index (χ0) is 18.6. The number of rotatable bonds is 5. The second-order valence-electron chi connectivity index (χ2n) is 7.51. The lowest BCUT2D eigenvalue weighted by atomic mass is 9.78. The average Bonchev–Trinajstić information content (AvgIpc) is 2.58. The van der Waals surface area contributed by atoms with E-state index in [4.69, 9.17) is 4.74 Å². The molecule has 7 heteroatoms. The number of hydrogen-bond acceptors (Lipinski definition) is 5. The van der Waals surface area contributed by atoms with Gasteiger partial charge in [0.2, 0.25) is 0 Å². The molecule has 2 atom stereocenters. The van der Waals surface area contributed by atoms with Crippen molar-refractivity contribution < 1.29 is 14.5 Å². The van der Waals surface area contributed by atoms with Crippen molar-refractivity contribution in [1.82, 2.24) is 5.32 Å². The molecule has 1 amide bonds. The standard InChI is InChI=1S/C18H27N3O4/c1-18(2,3)16-12(6-5-9-25-16)11-20-15-8-7-13(21(23)24)10-14(15)17(22)19-4/h7-8,10,12,16,20H,5-6,9,11H2,1-4H3,(H,19,22). The Kier molecular flexibility index (Phi) is 6.00. The monoisotopic (exact) mass is 349 g/mol. The molecule has 1 heterocycles. The largest absolute Gasteiger partial charge is 0.384 e. The van der Waals surface area contributed by atoms with E-state index in [0.29, 0.717) is 18.2 Å². The Balaban J connectivity index is 2.18. The van der Waals surface area contributed by atoms with Crippen LogP contribution in [0.2, 0.25) is 0 Å². The molecule has 1 fully saturated rings. The molecule has 138 valence electrons. The number of amides is 1. The molecule has 2 unspecified atom stereocenters. The van der Waals surface area contributed by atoms with E-state index in [1.807, 2.05) is 0 Å². The normalized spacial score (nSPS) is 20.8. The third-order valence-electron chi connectivity index (χ3n) is 4.54. The van der Waals surface area contributed by atoms with Crippen LogP contribution in [0.4, 0.5) is 11.4 Å². The average molecular weight is 349 g/mol. The summed E-state index contributed by atoms with van der Waals surface area (Å²) < 4.78 is 5.98. The summed E-state index contributed by atoms with van der Waals surface area (Å²) in [5.74, 6) is -0.0278. The number of nitro benzene ring substituents is 1. The van der Waals surface area contributed by atoms with Gasteiger partial charge in [-0.3, -0.25) is 14.9 Å². The van der Waals surface area contributed by atoms with Gasteiger partial charge >= 0.3 is 0 Å². The third kappa shape index (κ3) is 4.69. The molecule has 1 aromatic rings. The number of carbonyl (C=O) groups is 1. The molecule has 0 radical (unpaired) electrons. The molecule has 1 aliphatic heterocycles.